The van der Waals surface area contributed by atoms with Crippen LogP contribution in [0.4, 0.5) is 0 Å². The summed E-state index contributed by atoms with van der Waals surface area (Å²) in [6.07, 6.45) is -7.63. The van der Waals surface area contributed by atoms with Gasteiger partial charge in [0.2, 0.25) is 0 Å². The summed E-state index contributed by atoms with van der Waals surface area (Å²) in [5.41, 5.74) is -0.695. The Morgan fingerprint density at radius 1 is 1.21 bits per heavy atom. The average molecular weight is 478 g/mol. The van der Waals surface area contributed by atoms with Crippen LogP contribution in [0.15, 0.2) is 35.5 Å². The van der Waals surface area contributed by atoms with Crippen LogP contribution in [0.1, 0.15) is 5.56 Å². The molecule has 1 aromatic rings. The second-order valence-corrected chi connectivity index (χ2v) is 8.02. The van der Waals surface area contributed by atoms with Crippen LogP contribution in [0.3, 0.4) is 0 Å². The summed E-state index contributed by atoms with van der Waals surface area (Å²) in [5.74, 6) is 0. The second kappa shape index (κ2) is 12.4. The zero-order valence-electron chi connectivity index (χ0n) is 15.3. The topological polar surface area (TPSA) is 189 Å². The Bertz CT molecular complexity index is 764. The zero-order valence-corrected chi connectivity index (χ0v) is 20.1. The molecule has 0 aliphatic carbocycles. The van der Waals surface area contributed by atoms with Crippen LogP contribution in [-0.2, 0) is 25.8 Å². The fraction of sp³-hybridized carbons (Fsp3) is 0.533. The molecular formula is C15H20KNO10S2. The van der Waals surface area contributed by atoms with Crippen LogP contribution in [-0.4, -0.2) is 86.1 Å². The van der Waals surface area contributed by atoms with Crippen molar-refractivity contribution in [3.05, 3.63) is 35.9 Å². The number of aliphatic hydroxyl groups is 5. The Hall–Kier alpha value is 0.346. The van der Waals surface area contributed by atoms with Crippen molar-refractivity contribution in [2.24, 2.45) is 5.16 Å². The van der Waals surface area contributed by atoms with E-state index in [-0.39, 0.29) is 57.8 Å². The van der Waals surface area contributed by atoms with E-state index in [0.29, 0.717) is 17.3 Å². The maximum absolute atomic E-state index is 10.7. The fourth-order valence-electron chi connectivity index (χ4n) is 2.45. The Balaban J connectivity index is 0.00000420. The van der Waals surface area contributed by atoms with Gasteiger partial charge in [-0.05, 0) is 5.56 Å². The number of rotatable bonds is 7. The second-order valence-electron chi connectivity index (χ2n) is 5.93. The number of nitrogens with zero attached hydrogens (tertiary/aromatic N) is 1. The van der Waals surface area contributed by atoms with Gasteiger partial charge in [0.1, 0.15) is 41.0 Å². The summed E-state index contributed by atoms with van der Waals surface area (Å²) in [6, 6.07) is 8.54. The molecule has 0 aromatic heterocycles. The molecule has 11 nitrogen and oxygen atoms in total. The van der Waals surface area contributed by atoms with Crippen molar-refractivity contribution in [1.82, 2.24) is 0 Å². The van der Waals surface area contributed by atoms with Gasteiger partial charge in [-0.1, -0.05) is 47.2 Å². The molecule has 29 heavy (non-hydrogen) atoms. The van der Waals surface area contributed by atoms with E-state index in [9.17, 15) is 38.5 Å². The normalized spacial score (nSPS) is 29.0. The summed E-state index contributed by atoms with van der Waals surface area (Å²) in [5, 5.41) is 52.0. The molecule has 0 spiro atoms. The molecule has 0 radical (unpaired) electrons. The van der Waals surface area contributed by atoms with Crippen molar-refractivity contribution in [3.8, 4) is 0 Å². The maximum atomic E-state index is 10.7. The minimum Gasteiger partial charge on any atom is -0.714 e. The Kier molecular flexibility index (Phi) is 11.7. The van der Waals surface area contributed by atoms with Crippen LogP contribution in [0.2, 0.25) is 0 Å². The standard InChI is InChI=1S/C15H21NO10S2.K/c17-7-10-11(19)12(20)13(21)15(25-10)27-14(16-26-28(22,23)24)9(18)6-8-4-2-1-3-5-8;/h1-5,9-13,15,17-21H,6-7H2,(H,22,23,24);/q;+1/p-1/b16-14-;/t9-,10+,11+,12-,13+,15-;/m0./s1. The molecule has 1 aromatic carbocycles. The van der Waals surface area contributed by atoms with Crippen molar-refractivity contribution in [2.45, 2.75) is 42.4 Å². The maximum Gasteiger partial charge on any atom is 1.00 e. The number of hydrogen-bond donors (Lipinski definition) is 5. The van der Waals surface area contributed by atoms with Gasteiger partial charge < -0.3 is 34.8 Å². The van der Waals surface area contributed by atoms with Gasteiger partial charge in [-0.3, -0.25) is 4.28 Å². The number of aliphatic hydroxyl groups excluding tert-OH is 5. The van der Waals surface area contributed by atoms with E-state index in [1.807, 2.05) is 0 Å². The van der Waals surface area contributed by atoms with Crippen molar-refractivity contribution < 1.29 is 98.9 Å². The van der Waals surface area contributed by atoms with Gasteiger partial charge in [0, 0.05) is 6.42 Å². The van der Waals surface area contributed by atoms with Crippen LogP contribution in [0.25, 0.3) is 0 Å². The fourth-order valence-corrected chi connectivity index (χ4v) is 3.73. The Labute approximate surface area is 214 Å². The number of ether oxygens (including phenoxy) is 1. The first-order valence-electron chi connectivity index (χ1n) is 8.04. The first-order chi connectivity index (χ1) is 13.1. The largest absolute Gasteiger partial charge is 1.00 e. The predicted octanol–water partition coefficient (Wildman–Crippen LogP) is -5.08. The molecule has 1 fully saturated rings. The van der Waals surface area contributed by atoms with Crippen LogP contribution in [0, 0.1) is 0 Å². The van der Waals surface area contributed by atoms with E-state index in [1.54, 1.807) is 30.3 Å². The minimum atomic E-state index is -5.21. The SMILES string of the molecule is O=S(=O)([O-])O/N=C(\S[C@@H]1O[C@H](CO)[C@@H](O)[C@H](O)[C@H]1O)[C@@H](O)Cc1ccccc1.[K+]. The quantitative estimate of drug-likeness (QED) is 0.0631. The summed E-state index contributed by atoms with van der Waals surface area (Å²) >= 11 is 0.484. The van der Waals surface area contributed by atoms with E-state index >= 15 is 0 Å². The van der Waals surface area contributed by atoms with Crippen molar-refractivity contribution in [3.63, 3.8) is 0 Å². The van der Waals surface area contributed by atoms with E-state index in [2.05, 4.69) is 9.44 Å². The predicted molar refractivity (Wildman–Crippen MR) is 95.7 cm³/mol. The van der Waals surface area contributed by atoms with Gasteiger partial charge in [0.15, 0.2) is 0 Å². The van der Waals surface area contributed by atoms with E-state index < -0.39 is 58.0 Å². The van der Waals surface area contributed by atoms with E-state index in [0.717, 1.165) is 0 Å². The molecule has 1 aliphatic rings. The van der Waals surface area contributed by atoms with Crippen molar-refractivity contribution in [1.29, 1.82) is 0 Å². The van der Waals surface area contributed by atoms with Gasteiger partial charge in [0.25, 0.3) is 10.4 Å². The Morgan fingerprint density at radius 3 is 2.38 bits per heavy atom. The van der Waals surface area contributed by atoms with Crippen LogP contribution in [0.5, 0.6) is 0 Å². The molecular weight excluding hydrogens is 457 g/mol. The third-order valence-corrected chi connectivity index (χ3v) is 5.33. The molecule has 1 saturated heterocycles. The smallest absolute Gasteiger partial charge is 0.714 e. The van der Waals surface area contributed by atoms with Gasteiger partial charge in [0.05, 0.1) is 6.61 Å². The van der Waals surface area contributed by atoms with Crippen molar-refractivity contribution >= 4 is 27.2 Å². The van der Waals surface area contributed by atoms with Crippen molar-refractivity contribution in [2.75, 3.05) is 6.61 Å². The summed E-state index contributed by atoms with van der Waals surface area (Å²) in [6.45, 7) is -0.674. The third kappa shape index (κ3) is 8.42. The molecule has 5 N–H and O–H groups in total. The monoisotopic (exact) mass is 477 g/mol. The molecule has 158 valence electrons. The Morgan fingerprint density at radius 2 is 1.83 bits per heavy atom. The zero-order chi connectivity index (χ0) is 20.9. The van der Waals surface area contributed by atoms with Gasteiger partial charge in [-0.15, -0.1) is 0 Å². The first kappa shape index (κ1) is 27.4. The van der Waals surface area contributed by atoms with Gasteiger partial charge in [-0.25, -0.2) is 0 Å². The number of oxime groups is 1. The minimum absolute atomic E-state index is 0. The average Bonchev–Trinajstić information content (AvgIpc) is 2.65. The summed E-state index contributed by atoms with van der Waals surface area (Å²) < 4.78 is 41.2. The van der Waals surface area contributed by atoms with E-state index in [4.69, 9.17) is 4.74 Å². The van der Waals surface area contributed by atoms with Gasteiger partial charge >= 0.3 is 51.4 Å². The molecule has 2 rings (SSSR count). The van der Waals surface area contributed by atoms with Crippen LogP contribution >= 0.6 is 11.8 Å². The first-order valence-corrected chi connectivity index (χ1v) is 10.2. The molecule has 0 saturated carbocycles. The summed E-state index contributed by atoms with van der Waals surface area (Å²) in [7, 11) is -5.21. The number of thioether (sulfide) groups is 1. The van der Waals surface area contributed by atoms with E-state index in [1.165, 1.54) is 0 Å². The summed E-state index contributed by atoms with van der Waals surface area (Å²) in [4.78, 5) is 0. The molecule has 14 heteroatoms. The molecule has 1 heterocycles. The molecule has 0 bridgehead atoms. The van der Waals surface area contributed by atoms with Crippen LogP contribution < -0.4 is 51.4 Å². The molecule has 0 amide bonds. The molecule has 1 aliphatic heterocycles. The number of hydrogen-bond acceptors (Lipinski definition) is 12. The van der Waals surface area contributed by atoms with Gasteiger partial charge in [-0.2, -0.15) is 8.42 Å². The number of benzene rings is 1. The third-order valence-electron chi connectivity index (χ3n) is 3.86. The molecule has 6 atom stereocenters. The molecule has 0 unspecified atom stereocenters.